The van der Waals surface area contributed by atoms with Crippen LogP contribution in [0.5, 0.6) is 5.88 Å². The number of rotatable bonds is 5. The fourth-order valence-electron chi connectivity index (χ4n) is 2.63. The van der Waals surface area contributed by atoms with Gasteiger partial charge in [0.25, 0.3) is 5.91 Å². The maximum atomic E-state index is 12.3. The smallest absolute Gasteiger partial charge is 0.251 e. The van der Waals surface area contributed by atoms with Crippen molar-refractivity contribution in [1.29, 1.82) is 0 Å². The third-order valence-corrected chi connectivity index (χ3v) is 3.99. The summed E-state index contributed by atoms with van der Waals surface area (Å²) in [5, 5.41) is 10.6. The lowest BCUT2D eigenvalue weighted by Gasteiger charge is -2.17. The molecule has 1 N–H and O–H groups in total. The summed E-state index contributed by atoms with van der Waals surface area (Å²) in [5.41, 5.74) is 1.36. The standard InChI is InChI=1S/C18H20N4O3/c1-13-7-8-16(21-20-13)25-15-9-10-22(12-15)17(23)11-19-18(24)14-5-3-2-4-6-14/h2-8,15H,9-12H2,1H3,(H,19,24). The van der Waals surface area contributed by atoms with Crippen LogP contribution in [0.1, 0.15) is 22.5 Å². The molecule has 1 aliphatic heterocycles. The van der Waals surface area contributed by atoms with Gasteiger partial charge in [0, 0.05) is 24.6 Å². The lowest BCUT2D eigenvalue weighted by molar-refractivity contribution is -0.129. The summed E-state index contributed by atoms with van der Waals surface area (Å²) in [4.78, 5) is 25.9. The average Bonchev–Trinajstić information content (AvgIpc) is 3.10. The first-order valence-electron chi connectivity index (χ1n) is 8.20. The van der Waals surface area contributed by atoms with Gasteiger partial charge < -0.3 is 15.0 Å². The molecule has 1 aromatic carbocycles. The van der Waals surface area contributed by atoms with E-state index in [1.54, 1.807) is 35.2 Å². The Kier molecular flexibility index (Phi) is 5.23. The van der Waals surface area contributed by atoms with E-state index in [-0.39, 0.29) is 24.5 Å². The molecule has 130 valence electrons. The van der Waals surface area contributed by atoms with E-state index in [1.807, 2.05) is 19.1 Å². The van der Waals surface area contributed by atoms with Crippen molar-refractivity contribution in [2.45, 2.75) is 19.4 Å². The van der Waals surface area contributed by atoms with Crippen LogP contribution in [-0.4, -0.2) is 52.6 Å². The molecule has 1 aliphatic rings. The van der Waals surface area contributed by atoms with Crippen LogP contribution < -0.4 is 10.1 Å². The molecular formula is C18H20N4O3. The third-order valence-electron chi connectivity index (χ3n) is 3.99. The number of hydrogen-bond acceptors (Lipinski definition) is 5. The zero-order valence-electron chi connectivity index (χ0n) is 14.0. The minimum absolute atomic E-state index is 0.0230. The minimum Gasteiger partial charge on any atom is -0.471 e. The summed E-state index contributed by atoms with van der Waals surface area (Å²) in [6.45, 7) is 2.92. The first-order chi connectivity index (χ1) is 12.1. The second kappa shape index (κ2) is 7.74. The lowest BCUT2D eigenvalue weighted by atomic mass is 10.2. The summed E-state index contributed by atoms with van der Waals surface area (Å²) in [6, 6.07) is 12.4. The van der Waals surface area contributed by atoms with Crippen LogP contribution in [0.15, 0.2) is 42.5 Å². The van der Waals surface area contributed by atoms with Crippen molar-refractivity contribution >= 4 is 11.8 Å². The summed E-state index contributed by atoms with van der Waals surface area (Å²) < 4.78 is 5.75. The predicted molar refractivity (Wildman–Crippen MR) is 91.2 cm³/mol. The van der Waals surface area contributed by atoms with Crippen molar-refractivity contribution in [3.8, 4) is 5.88 Å². The van der Waals surface area contributed by atoms with E-state index in [2.05, 4.69) is 15.5 Å². The van der Waals surface area contributed by atoms with E-state index in [0.29, 0.717) is 24.5 Å². The van der Waals surface area contributed by atoms with Crippen LogP contribution in [0.25, 0.3) is 0 Å². The molecule has 1 atom stereocenters. The second-order valence-electron chi connectivity index (χ2n) is 5.93. The molecule has 1 saturated heterocycles. The summed E-state index contributed by atoms with van der Waals surface area (Å²) >= 11 is 0. The van der Waals surface area contributed by atoms with Gasteiger partial charge in [0.2, 0.25) is 11.8 Å². The van der Waals surface area contributed by atoms with Gasteiger partial charge in [0.05, 0.1) is 18.8 Å². The number of nitrogens with one attached hydrogen (secondary N) is 1. The van der Waals surface area contributed by atoms with E-state index < -0.39 is 0 Å². The molecule has 0 spiro atoms. The Morgan fingerprint density at radius 1 is 1.20 bits per heavy atom. The van der Waals surface area contributed by atoms with Crippen LogP contribution in [0.4, 0.5) is 0 Å². The minimum atomic E-state index is -0.254. The van der Waals surface area contributed by atoms with Crippen molar-refractivity contribution in [3.63, 3.8) is 0 Å². The molecule has 1 aromatic heterocycles. The largest absolute Gasteiger partial charge is 0.471 e. The lowest BCUT2D eigenvalue weighted by Crippen LogP contribution is -2.39. The Morgan fingerprint density at radius 2 is 2.00 bits per heavy atom. The number of nitrogens with zero attached hydrogens (tertiary/aromatic N) is 3. The summed E-state index contributed by atoms with van der Waals surface area (Å²) in [7, 11) is 0. The van der Waals surface area contributed by atoms with E-state index in [1.165, 1.54) is 0 Å². The number of hydrogen-bond donors (Lipinski definition) is 1. The highest BCUT2D eigenvalue weighted by Gasteiger charge is 2.28. The highest BCUT2D eigenvalue weighted by atomic mass is 16.5. The molecule has 2 heterocycles. The molecule has 1 unspecified atom stereocenters. The normalized spacial score (nSPS) is 16.5. The number of ether oxygens (including phenoxy) is 1. The van der Waals surface area contributed by atoms with E-state index >= 15 is 0 Å². The molecule has 1 fully saturated rings. The van der Waals surface area contributed by atoms with Crippen molar-refractivity contribution in [2.75, 3.05) is 19.6 Å². The maximum Gasteiger partial charge on any atom is 0.251 e. The van der Waals surface area contributed by atoms with Crippen LogP contribution in [-0.2, 0) is 4.79 Å². The van der Waals surface area contributed by atoms with Gasteiger partial charge in [-0.15, -0.1) is 5.10 Å². The molecule has 2 aromatic rings. The Labute approximate surface area is 146 Å². The van der Waals surface area contributed by atoms with E-state index in [4.69, 9.17) is 4.74 Å². The van der Waals surface area contributed by atoms with Gasteiger partial charge in [-0.3, -0.25) is 9.59 Å². The Bertz CT molecular complexity index is 734. The van der Waals surface area contributed by atoms with Crippen molar-refractivity contribution in [2.24, 2.45) is 0 Å². The fraction of sp³-hybridized carbons (Fsp3) is 0.333. The van der Waals surface area contributed by atoms with Crippen LogP contribution in [0, 0.1) is 6.92 Å². The molecule has 2 amide bonds. The molecule has 0 bridgehead atoms. The third kappa shape index (κ3) is 4.53. The number of aryl methyl sites for hydroxylation is 1. The van der Waals surface area contributed by atoms with Crippen molar-refractivity contribution in [3.05, 3.63) is 53.7 Å². The van der Waals surface area contributed by atoms with Crippen molar-refractivity contribution in [1.82, 2.24) is 20.4 Å². The maximum absolute atomic E-state index is 12.3. The second-order valence-corrected chi connectivity index (χ2v) is 5.93. The number of amides is 2. The van der Waals surface area contributed by atoms with Gasteiger partial charge in [-0.1, -0.05) is 18.2 Å². The predicted octanol–water partition coefficient (Wildman–Crippen LogP) is 1.19. The number of carbonyl (C=O) groups excluding carboxylic acids is 2. The average molecular weight is 340 g/mol. The number of carbonyl (C=O) groups is 2. The Balaban J connectivity index is 1.46. The molecule has 25 heavy (non-hydrogen) atoms. The fourth-order valence-corrected chi connectivity index (χ4v) is 2.63. The van der Waals surface area contributed by atoms with E-state index in [9.17, 15) is 9.59 Å². The van der Waals surface area contributed by atoms with Gasteiger partial charge in [-0.05, 0) is 25.1 Å². The SMILES string of the molecule is Cc1ccc(OC2CCN(C(=O)CNC(=O)c3ccccc3)C2)nn1. The highest BCUT2D eigenvalue weighted by Crippen LogP contribution is 2.16. The van der Waals surface area contributed by atoms with Gasteiger partial charge in [-0.25, -0.2) is 0 Å². The van der Waals surface area contributed by atoms with Crippen LogP contribution in [0.2, 0.25) is 0 Å². The molecule has 0 radical (unpaired) electrons. The van der Waals surface area contributed by atoms with Crippen LogP contribution in [0.3, 0.4) is 0 Å². The van der Waals surface area contributed by atoms with Gasteiger partial charge in [0.1, 0.15) is 6.10 Å². The molecule has 0 aliphatic carbocycles. The summed E-state index contributed by atoms with van der Waals surface area (Å²) in [5.74, 6) is 0.0866. The number of aromatic nitrogens is 2. The quantitative estimate of drug-likeness (QED) is 0.884. The monoisotopic (exact) mass is 340 g/mol. The highest BCUT2D eigenvalue weighted by molar-refractivity contribution is 5.96. The molecule has 7 nitrogen and oxygen atoms in total. The Morgan fingerprint density at radius 3 is 2.72 bits per heavy atom. The zero-order valence-corrected chi connectivity index (χ0v) is 14.0. The first kappa shape index (κ1) is 16.9. The zero-order chi connectivity index (χ0) is 17.6. The van der Waals surface area contributed by atoms with Crippen molar-refractivity contribution < 1.29 is 14.3 Å². The van der Waals surface area contributed by atoms with Gasteiger partial charge in [-0.2, -0.15) is 5.10 Å². The van der Waals surface area contributed by atoms with E-state index in [0.717, 1.165) is 12.1 Å². The first-order valence-corrected chi connectivity index (χ1v) is 8.20. The molecule has 0 saturated carbocycles. The number of likely N-dealkylation sites (tertiary alicyclic amines) is 1. The topological polar surface area (TPSA) is 84.4 Å². The van der Waals surface area contributed by atoms with Crippen LogP contribution >= 0.6 is 0 Å². The van der Waals surface area contributed by atoms with Gasteiger partial charge in [0.15, 0.2) is 0 Å². The number of benzene rings is 1. The molecule has 7 heteroatoms. The summed E-state index contributed by atoms with van der Waals surface area (Å²) in [6.07, 6.45) is 0.624. The Hall–Kier alpha value is -2.96. The molecular weight excluding hydrogens is 320 g/mol. The van der Waals surface area contributed by atoms with Gasteiger partial charge >= 0.3 is 0 Å². The molecule has 3 rings (SSSR count).